The van der Waals surface area contributed by atoms with Crippen molar-refractivity contribution < 1.29 is 9.18 Å². The topological polar surface area (TPSA) is 43.1 Å². The van der Waals surface area contributed by atoms with E-state index in [0.29, 0.717) is 18.4 Å². The van der Waals surface area contributed by atoms with E-state index in [0.717, 1.165) is 0 Å². The lowest BCUT2D eigenvalue weighted by atomic mass is 9.71. The van der Waals surface area contributed by atoms with Crippen molar-refractivity contribution in [2.45, 2.75) is 18.8 Å². The van der Waals surface area contributed by atoms with Crippen LogP contribution >= 0.6 is 0 Å². The summed E-state index contributed by atoms with van der Waals surface area (Å²) in [5, 5.41) is 0. The van der Waals surface area contributed by atoms with Crippen molar-refractivity contribution in [1.82, 2.24) is 0 Å². The number of carbonyl (C=O) groups is 1. The summed E-state index contributed by atoms with van der Waals surface area (Å²) in [6, 6.07) is 6.71. The Morgan fingerprint density at radius 2 is 2.00 bits per heavy atom. The van der Waals surface area contributed by atoms with Crippen LogP contribution in [0.2, 0.25) is 0 Å². The van der Waals surface area contributed by atoms with Gasteiger partial charge in [0.15, 0.2) is 0 Å². The Morgan fingerprint density at radius 3 is 2.57 bits per heavy atom. The Labute approximate surface area is 81.9 Å². The first-order valence-electron chi connectivity index (χ1n) is 4.72. The molecular formula is C11H12FNO. The van der Waals surface area contributed by atoms with Crippen LogP contribution < -0.4 is 5.73 Å². The summed E-state index contributed by atoms with van der Waals surface area (Å²) in [6.45, 7) is 0. The minimum atomic E-state index is -0.266. The van der Waals surface area contributed by atoms with Gasteiger partial charge in [-0.3, -0.25) is 4.79 Å². The van der Waals surface area contributed by atoms with Gasteiger partial charge < -0.3 is 5.73 Å². The van der Waals surface area contributed by atoms with Crippen molar-refractivity contribution in [3.8, 4) is 0 Å². The molecule has 0 heterocycles. The summed E-state index contributed by atoms with van der Waals surface area (Å²) < 4.78 is 13.3. The predicted octanol–water partition coefficient (Wildman–Crippen LogP) is 1.80. The molecule has 2 N–H and O–H groups in total. The number of carbonyl (C=O) groups excluding carboxylic acids is 1. The van der Waals surface area contributed by atoms with E-state index in [1.54, 1.807) is 12.1 Å². The average Bonchev–Trinajstić information content (AvgIpc) is 2.05. The number of rotatable bonds is 2. The predicted molar refractivity (Wildman–Crippen MR) is 51.1 cm³/mol. The Hall–Kier alpha value is -1.38. The molecule has 1 aliphatic rings. The van der Waals surface area contributed by atoms with E-state index in [9.17, 15) is 9.18 Å². The van der Waals surface area contributed by atoms with Crippen LogP contribution in [0.25, 0.3) is 0 Å². The van der Waals surface area contributed by atoms with E-state index < -0.39 is 0 Å². The fraction of sp³-hybridized carbons (Fsp3) is 0.364. The van der Waals surface area contributed by atoms with Gasteiger partial charge in [0.25, 0.3) is 0 Å². The lowest BCUT2D eigenvalue weighted by Crippen LogP contribution is -2.34. The highest BCUT2D eigenvalue weighted by Gasteiger charge is 2.35. The van der Waals surface area contributed by atoms with Gasteiger partial charge in [0.05, 0.1) is 0 Å². The van der Waals surface area contributed by atoms with Crippen LogP contribution in [0.3, 0.4) is 0 Å². The van der Waals surface area contributed by atoms with Crippen LogP contribution in [-0.4, -0.2) is 5.91 Å². The molecule has 1 fully saturated rings. The molecule has 1 amide bonds. The molecule has 0 atom stereocenters. The number of hydrogen-bond acceptors (Lipinski definition) is 1. The van der Waals surface area contributed by atoms with Gasteiger partial charge >= 0.3 is 0 Å². The van der Waals surface area contributed by atoms with E-state index >= 15 is 0 Å². The molecule has 1 aromatic carbocycles. The van der Waals surface area contributed by atoms with Crippen LogP contribution in [0, 0.1) is 11.7 Å². The minimum absolute atomic E-state index is 0.0559. The molecule has 3 heteroatoms. The molecule has 2 nitrogen and oxygen atoms in total. The molecule has 0 spiro atoms. The third-order valence-corrected chi connectivity index (χ3v) is 2.89. The van der Waals surface area contributed by atoms with E-state index in [2.05, 4.69) is 0 Å². The SMILES string of the molecule is NC(=O)C1CC(c2ccccc2F)C1. The Morgan fingerprint density at radius 1 is 1.36 bits per heavy atom. The van der Waals surface area contributed by atoms with Crippen molar-refractivity contribution in [2.24, 2.45) is 11.7 Å². The first kappa shape index (κ1) is 9.19. The monoisotopic (exact) mass is 193 g/mol. The zero-order valence-electron chi connectivity index (χ0n) is 7.74. The summed E-state index contributed by atoms with van der Waals surface area (Å²) in [4.78, 5) is 10.8. The molecule has 0 aliphatic heterocycles. The molecule has 0 aromatic heterocycles. The van der Waals surface area contributed by atoms with Crippen LogP contribution in [0.4, 0.5) is 4.39 Å². The number of primary amides is 1. The fourth-order valence-corrected chi connectivity index (χ4v) is 1.91. The van der Waals surface area contributed by atoms with Gasteiger partial charge in [-0.25, -0.2) is 4.39 Å². The van der Waals surface area contributed by atoms with Crippen molar-refractivity contribution in [2.75, 3.05) is 0 Å². The average molecular weight is 193 g/mol. The fourth-order valence-electron chi connectivity index (χ4n) is 1.91. The number of benzene rings is 1. The smallest absolute Gasteiger partial charge is 0.220 e. The maximum Gasteiger partial charge on any atom is 0.220 e. The van der Waals surface area contributed by atoms with Gasteiger partial charge in [0.1, 0.15) is 5.82 Å². The Bertz CT molecular complexity index is 358. The van der Waals surface area contributed by atoms with Gasteiger partial charge in [-0.15, -0.1) is 0 Å². The highest BCUT2D eigenvalue weighted by Crippen LogP contribution is 2.42. The largest absolute Gasteiger partial charge is 0.369 e. The maximum atomic E-state index is 13.3. The van der Waals surface area contributed by atoms with Gasteiger partial charge in [-0.1, -0.05) is 18.2 Å². The van der Waals surface area contributed by atoms with Crippen LogP contribution in [-0.2, 0) is 4.79 Å². The van der Waals surface area contributed by atoms with E-state index in [1.807, 2.05) is 6.07 Å². The lowest BCUT2D eigenvalue weighted by Gasteiger charge is -2.33. The third kappa shape index (κ3) is 1.50. The van der Waals surface area contributed by atoms with E-state index in [-0.39, 0.29) is 23.6 Å². The first-order valence-corrected chi connectivity index (χ1v) is 4.72. The molecule has 74 valence electrons. The van der Waals surface area contributed by atoms with Gasteiger partial charge in [-0.05, 0) is 30.4 Å². The summed E-state index contributed by atoms with van der Waals surface area (Å²) in [6.07, 6.45) is 1.38. The zero-order chi connectivity index (χ0) is 10.1. The summed E-state index contributed by atoms with van der Waals surface area (Å²) in [7, 11) is 0. The number of hydrogen-bond donors (Lipinski definition) is 1. The molecule has 0 saturated heterocycles. The number of halogens is 1. The normalized spacial score (nSPS) is 25.5. The Balaban J connectivity index is 2.07. The quantitative estimate of drug-likeness (QED) is 0.764. The molecule has 1 saturated carbocycles. The summed E-state index contributed by atoms with van der Waals surface area (Å²) in [5.41, 5.74) is 5.86. The molecule has 0 radical (unpaired) electrons. The van der Waals surface area contributed by atoms with Gasteiger partial charge in [0.2, 0.25) is 5.91 Å². The standard InChI is InChI=1S/C11H12FNO/c12-10-4-2-1-3-9(10)7-5-8(6-7)11(13)14/h1-4,7-8H,5-6H2,(H2,13,14). The third-order valence-electron chi connectivity index (χ3n) is 2.89. The first-order chi connectivity index (χ1) is 6.68. The molecule has 1 aromatic rings. The van der Waals surface area contributed by atoms with Gasteiger partial charge in [-0.2, -0.15) is 0 Å². The van der Waals surface area contributed by atoms with Crippen molar-refractivity contribution >= 4 is 5.91 Å². The highest BCUT2D eigenvalue weighted by molar-refractivity contribution is 5.77. The highest BCUT2D eigenvalue weighted by atomic mass is 19.1. The van der Waals surface area contributed by atoms with Crippen molar-refractivity contribution in [3.63, 3.8) is 0 Å². The summed E-state index contributed by atoms with van der Waals surface area (Å²) >= 11 is 0. The second-order valence-corrected chi connectivity index (χ2v) is 3.79. The van der Waals surface area contributed by atoms with Gasteiger partial charge in [0, 0.05) is 5.92 Å². The van der Waals surface area contributed by atoms with E-state index in [4.69, 9.17) is 5.73 Å². The maximum absolute atomic E-state index is 13.3. The molecule has 2 rings (SSSR count). The molecule has 14 heavy (non-hydrogen) atoms. The van der Waals surface area contributed by atoms with Crippen molar-refractivity contribution in [1.29, 1.82) is 0 Å². The van der Waals surface area contributed by atoms with Crippen LogP contribution in [0.15, 0.2) is 24.3 Å². The second kappa shape index (κ2) is 3.40. The lowest BCUT2D eigenvalue weighted by molar-refractivity contribution is -0.124. The molecule has 1 aliphatic carbocycles. The second-order valence-electron chi connectivity index (χ2n) is 3.79. The number of nitrogens with two attached hydrogens (primary N) is 1. The molecule has 0 bridgehead atoms. The zero-order valence-corrected chi connectivity index (χ0v) is 7.74. The van der Waals surface area contributed by atoms with Crippen LogP contribution in [0.1, 0.15) is 24.3 Å². The Kier molecular flexibility index (Phi) is 2.23. The molecular weight excluding hydrogens is 181 g/mol. The summed E-state index contributed by atoms with van der Waals surface area (Å²) in [5.74, 6) is -0.327. The minimum Gasteiger partial charge on any atom is -0.369 e. The van der Waals surface area contributed by atoms with E-state index in [1.165, 1.54) is 6.07 Å². The number of amides is 1. The van der Waals surface area contributed by atoms with Crippen LogP contribution in [0.5, 0.6) is 0 Å². The van der Waals surface area contributed by atoms with Crippen molar-refractivity contribution in [3.05, 3.63) is 35.6 Å². The molecule has 0 unspecified atom stereocenters.